The van der Waals surface area contributed by atoms with Crippen molar-refractivity contribution in [2.24, 2.45) is 11.7 Å². The number of likely N-dealkylation sites (tertiary alicyclic amines) is 1. The average Bonchev–Trinajstić information content (AvgIpc) is 2.85. The van der Waals surface area contributed by atoms with E-state index in [9.17, 15) is 0 Å². The molecule has 1 aromatic rings. The minimum absolute atomic E-state index is 0.639. The van der Waals surface area contributed by atoms with E-state index in [-0.39, 0.29) is 0 Å². The van der Waals surface area contributed by atoms with Crippen LogP contribution >= 0.6 is 0 Å². The third-order valence-corrected chi connectivity index (χ3v) is 4.81. The molecule has 1 aliphatic heterocycles. The first-order valence-electron chi connectivity index (χ1n) is 7.28. The molecule has 2 heteroatoms. The molecule has 0 aromatic heterocycles. The average molecular weight is 244 g/mol. The van der Waals surface area contributed by atoms with Crippen LogP contribution in [0.25, 0.3) is 0 Å². The van der Waals surface area contributed by atoms with Crippen molar-refractivity contribution in [3.05, 3.63) is 34.9 Å². The van der Waals surface area contributed by atoms with E-state index in [4.69, 9.17) is 5.73 Å². The molecule has 0 radical (unpaired) electrons. The predicted octanol–water partition coefficient (Wildman–Crippen LogP) is 2.17. The molecule has 1 aliphatic carbocycles. The minimum Gasteiger partial charge on any atom is -0.330 e. The lowest BCUT2D eigenvalue weighted by molar-refractivity contribution is 0.193. The Morgan fingerprint density at radius 2 is 2.11 bits per heavy atom. The fourth-order valence-corrected chi connectivity index (χ4v) is 3.65. The van der Waals surface area contributed by atoms with E-state index in [1.165, 1.54) is 44.3 Å². The predicted molar refractivity (Wildman–Crippen MR) is 75.9 cm³/mol. The van der Waals surface area contributed by atoms with Gasteiger partial charge in [0.25, 0.3) is 0 Å². The van der Waals surface area contributed by atoms with Crippen molar-refractivity contribution in [3.8, 4) is 0 Å². The molecule has 2 unspecified atom stereocenters. The second-order valence-corrected chi connectivity index (χ2v) is 6.03. The molecule has 2 atom stereocenters. The van der Waals surface area contributed by atoms with Gasteiger partial charge in [0.15, 0.2) is 0 Å². The number of hydrogen-bond donors (Lipinski definition) is 1. The molecule has 3 rings (SSSR count). The lowest BCUT2D eigenvalue weighted by atomic mass is 9.80. The van der Waals surface area contributed by atoms with Crippen LogP contribution in [0.2, 0.25) is 0 Å². The molecule has 18 heavy (non-hydrogen) atoms. The van der Waals surface area contributed by atoms with E-state index in [1.807, 2.05) is 0 Å². The van der Waals surface area contributed by atoms with Crippen LogP contribution in [0.1, 0.15) is 35.4 Å². The molecule has 1 fully saturated rings. The van der Waals surface area contributed by atoms with Gasteiger partial charge in [-0.3, -0.25) is 0 Å². The lowest BCUT2D eigenvalue weighted by Gasteiger charge is -2.36. The summed E-state index contributed by atoms with van der Waals surface area (Å²) in [4.78, 5) is 2.45. The van der Waals surface area contributed by atoms with Crippen molar-refractivity contribution in [2.45, 2.75) is 31.6 Å². The summed E-state index contributed by atoms with van der Waals surface area (Å²) in [7, 11) is 2.23. The monoisotopic (exact) mass is 244 g/mol. The van der Waals surface area contributed by atoms with E-state index in [1.54, 1.807) is 11.1 Å². The number of nitrogens with zero attached hydrogens (tertiary/aromatic N) is 1. The third kappa shape index (κ3) is 2.19. The zero-order valence-electron chi connectivity index (χ0n) is 11.4. The first kappa shape index (κ1) is 12.2. The van der Waals surface area contributed by atoms with Crippen molar-refractivity contribution >= 4 is 0 Å². The number of fused-ring (bicyclic) bond motifs is 1. The van der Waals surface area contributed by atoms with Gasteiger partial charge in [-0.1, -0.05) is 18.2 Å². The van der Waals surface area contributed by atoms with Crippen LogP contribution in [0.15, 0.2) is 18.2 Å². The van der Waals surface area contributed by atoms with Crippen LogP contribution in [-0.4, -0.2) is 31.6 Å². The second kappa shape index (κ2) is 5.02. The molecule has 2 aliphatic rings. The van der Waals surface area contributed by atoms with Gasteiger partial charge in [0.05, 0.1) is 0 Å². The van der Waals surface area contributed by atoms with E-state index in [2.05, 4.69) is 30.1 Å². The van der Waals surface area contributed by atoms with Crippen LogP contribution in [0.5, 0.6) is 0 Å². The largest absolute Gasteiger partial charge is 0.330 e. The summed E-state index contributed by atoms with van der Waals surface area (Å²) in [6.45, 7) is 3.19. The zero-order valence-corrected chi connectivity index (χ0v) is 11.4. The van der Waals surface area contributed by atoms with Gasteiger partial charge >= 0.3 is 0 Å². The van der Waals surface area contributed by atoms with E-state index < -0.39 is 0 Å². The van der Waals surface area contributed by atoms with Crippen molar-refractivity contribution < 1.29 is 0 Å². The maximum atomic E-state index is 5.97. The second-order valence-electron chi connectivity index (χ2n) is 6.03. The SMILES string of the molecule is CN1CCC(CN)C(c2ccc3c(c2)CCC3)C1. The summed E-state index contributed by atoms with van der Waals surface area (Å²) in [5.74, 6) is 1.31. The Bertz CT molecular complexity index is 427. The highest BCUT2D eigenvalue weighted by Crippen LogP contribution is 2.34. The normalized spacial score (nSPS) is 28.3. The molecule has 0 saturated carbocycles. The lowest BCUT2D eigenvalue weighted by Crippen LogP contribution is -2.39. The van der Waals surface area contributed by atoms with Crippen molar-refractivity contribution in [2.75, 3.05) is 26.7 Å². The molecule has 2 N–H and O–H groups in total. The Balaban J connectivity index is 1.87. The summed E-state index contributed by atoms with van der Waals surface area (Å²) in [5, 5.41) is 0. The van der Waals surface area contributed by atoms with Gasteiger partial charge in [-0.25, -0.2) is 0 Å². The number of nitrogens with two attached hydrogens (primary N) is 1. The molecule has 0 spiro atoms. The summed E-state index contributed by atoms with van der Waals surface area (Å²) < 4.78 is 0. The summed E-state index contributed by atoms with van der Waals surface area (Å²) in [5.41, 5.74) is 10.7. The highest BCUT2D eigenvalue weighted by atomic mass is 15.1. The Kier molecular flexibility index (Phi) is 3.40. The number of aryl methyl sites for hydroxylation is 2. The van der Waals surface area contributed by atoms with Gasteiger partial charge in [-0.2, -0.15) is 0 Å². The van der Waals surface area contributed by atoms with Crippen LogP contribution in [0.3, 0.4) is 0 Å². The molecule has 2 nitrogen and oxygen atoms in total. The molecule has 98 valence electrons. The van der Waals surface area contributed by atoms with Crippen LogP contribution in [0.4, 0.5) is 0 Å². The topological polar surface area (TPSA) is 29.3 Å². The molecular weight excluding hydrogens is 220 g/mol. The Morgan fingerprint density at radius 1 is 1.28 bits per heavy atom. The number of likely N-dealkylation sites (N-methyl/N-ethyl adjacent to an activating group) is 1. The highest BCUT2D eigenvalue weighted by Gasteiger charge is 2.28. The van der Waals surface area contributed by atoms with Crippen LogP contribution < -0.4 is 5.73 Å². The van der Waals surface area contributed by atoms with E-state index in [0.717, 1.165) is 6.54 Å². The first-order chi connectivity index (χ1) is 8.78. The molecular formula is C16H24N2. The fourth-order valence-electron chi connectivity index (χ4n) is 3.65. The maximum Gasteiger partial charge on any atom is 0.00504 e. The highest BCUT2D eigenvalue weighted by molar-refractivity contribution is 5.37. The van der Waals surface area contributed by atoms with Gasteiger partial charge in [-0.15, -0.1) is 0 Å². The quantitative estimate of drug-likeness (QED) is 0.864. The molecule has 1 saturated heterocycles. The van der Waals surface area contributed by atoms with Gasteiger partial charge in [0.2, 0.25) is 0 Å². The Morgan fingerprint density at radius 3 is 2.94 bits per heavy atom. The van der Waals surface area contributed by atoms with Gasteiger partial charge < -0.3 is 10.6 Å². The summed E-state index contributed by atoms with van der Waals surface area (Å²) in [6, 6.07) is 7.19. The molecule has 0 amide bonds. The third-order valence-electron chi connectivity index (χ3n) is 4.81. The minimum atomic E-state index is 0.639. The molecule has 1 heterocycles. The Labute approximate surface area is 110 Å². The van der Waals surface area contributed by atoms with Gasteiger partial charge in [0, 0.05) is 12.5 Å². The van der Waals surface area contributed by atoms with Crippen molar-refractivity contribution in [3.63, 3.8) is 0 Å². The summed E-state index contributed by atoms with van der Waals surface area (Å²) >= 11 is 0. The zero-order chi connectivity index (χ0) is 12.5. The maximum absolute atomic E-state index is 5.97. The number of rotatable bonds is 2. The van der Waals surface area contributed by atoms with Crippen molar-refractivity contribution in [1.29, 1.82) is 0 Å². The van der Waals surface area contributed by atoms with Crippen molar-refractivity contribution in [1.82, 2.24) is 4.90 Å². The first-order valence-corrected chi connectivity index (χ1v) is 7.28. The van der Waals surface area contributed by atoms with Crippen LogP contribution in [0, 0.1) is 5.92 Å². The summed E-state index contributed by atoms with van der Waals surface area (Å²) in [6.07, 6.45) is 5.14. The number of benzene rings is 1. The van der Waals surface area contributed by atoms with E-state index >= 15 is 0 Å². The fraction of sp³-hybridized carbons (Fsp3) is 0.625. The standard InChI is InChI=1S/C16H24N2/c1-18-8-7-15(10-17)16(11-18)14-6-5-12-3-2-4-13(12)9-14/h5-6,9,15-16H,2-4,7-8,10-11,17H2,1H3. The number of piperidine rings is 1. The van der Waals surface area contributed by atoms with Gasteiger partial charge in [0.1, 0.15) is 0 Å². The smallest absolute Gasteiger partial charge is 0.00504 e. The van der Waals surface area contributed by atoms with E-state index in [0.29, 0.717) is 11.8 Å². The Hall–Kier alpha value is -0.860. The molecule has 1 aromatic carbocycles. The number of hydrogen-bond acceptors (Lipinski definition) is 2. The molecule has 0 bridgehead atoms. The van der Waals surface area contributed by atoms with Crippen LogP contribution in [-0.2, 0) is 12.8 Å². The van der Waals surface area contributed by atoms with Gasteiger partial charge in [-0.05, 0) is 68.4 Å².